The Kier molecular flexibility index (Phi) is 4.53. The van der Waals surface area contributed by atoms with Gasteiger partial charge in [0.05, 0.1) is 6.54 Å². The molecule has 1 amide bonds. The molecular formula is C15H12N2O2S. The van der Waals surface area contributed by atoms with E-state index in [1.165, 1.54) is 18.2 Å². The lowest BCUT2D eigenvalue weighted by atomic mass is 10.1. The largest absolute Gasteiger partial charge is 0.508 e. The average molecular weight is 284 g/mol. The first-order valence-electron chi connectivity index (χ1n) is 5.90. The summed E-state index contributed by atoms with van der Waals surface area (Å²) in [5, 5.41) is 23.0. The summed E-state index contributed by atoms with van der Waals surface area (Å²) in [6.45, 7) is 0.398. The number of carbonyl (C=O) groups excluding carboxylic acids is 1. The number of nitriles is 1. The molecule has 0 aliphatic carbocycles. The molecule has 0 bridgehead atoms. The van der Waals surface area contributed by atoms with Crippen molar-refractivity contribution in [1.29, 1.82) is 5.26 Å². The van der Waals surface area contributed by atoms with Crippen LogP contribution in [0.2, 0.25) is 0 Å². The topological polar surface area (TPSA) is 73.1 Å². The first-order valence-corrected chi connectivity index (χ1v) is 6.78. The zero-order chi connectivity index (χ0) is 14.4. The molecule has 2 aromatic rings. The van der Waals surface area contributed by atoms with Gasteiger partial charge >= 0.3 is 0 Å². The Morgan fingerprint density at radius 2 is 2.25 bits per heavy atom. The molecule has 2 N–H and O–H groups in total. The molecule has 100 valence electrons. The van der Waals surface area contributed by atoms with Gasteiger partial charge in [0.15, 0.2) is 0 Å². The van der Waals surface area contributed by atoms with E-state index >= 15 is 0 Å². The number of phenols is 1. The summed E-state index contributed by atoms with van der Waals surface area (Å²) in [4.78, 5) is 12.9. The standard InChI is InChI=1S/C15H12N2O2S/c16-9-12(7-11-3-1-4-13(18)8-11)15(19)17-10-14-5-2-6-20-14/h1-8,18H,10H2,(H,17,19)/b12-7+. The van der Waals surface area contributed by atoms with E-state index in [1.807, 2.05) is 23.6 Å². The van der Waals surface area contributed by atoms with Gasteiger partial charge in [0, 0.05) is 4.88 Å². The van der Waals surface area contributed by atoms with Gasteiger partial charge in [-0.25, -0.2) is 0 Å². The third kappa shape index (κ3) is 3.70. The number of carbonyl (C=O) groups is 1. The van der Waals surface area contributed by atoms with Crippen LogP contribution in [0.4, 0.5) is 0 Å². The minimum atomic E-state index is -0.427. The number of nitrogens with zero attached hydrogens (tertiary/aromatic N) is 1. The second-order valence-electron chi connectivity index (χ2n) is 4.03. The van der Waals surface area contributed by atoms with E-state index in [9.17, 15) is 9.90 Å². The predicted octanol–water partition coefficient (Wildman–Crippen LogP) is 2.68. The van der Waals surface area contributed by atoms with Gasteiger partial charge in [-0.05, 0) is 35.2 Å². The van der Waals surface area contributed by atoms with Gasteiger partial charge in [-0.3, -0.25) is 4.79 Å². The van der Waals surface area contributed by atoms with E-state index in [1.54, 1.807) is 23.5 Å². The molecule has 1 heterocycles. The van der Waals surface area contributed by atoms with Gasteiger partial charge < -0.3 is 10.4 Å². The first kappa shape index (κ1) is 13.8. The van der Waals surface area contributed by atoms with Gasteiger partial charge in [0.1, 0.15) is 17.4 Å². The summed E-state index contributed by atoms with van der Waals surface area (Å²) in [7, 11) is 0. The molecule has 1 aromatic carbocycles. The number of phenolic OH excluding ortho intramolecular Hbond substituents is 1. The number of aromatic hydroxyl groups is 1. The summed E-state index contributed by atoms with van der Waals surface area (Å²) in [6.07, 6.45) is 1.45. The highest BCUT2D eigenvalue weighted by atomic mass is 32.1. The maximum Gasteiger partial charge on any atom is 0.262 e. The number of thiophene rings is 1. The van der Waals surface area contributed by atoms with Crippen molar-refractivity contribution >= 4 is 23.3 Å². The zero-order valence-electron chi connectivity index (χ0n) is 10.5. The van der Waals surface area contributed by atoms with Crippen LogP contribution in [0.1, 0.15) is 10.4 Å². The number of benzene rings is 1. The van der Waals surface area contributed by atoms with Crippen LogP contribution in [-0.4, -0.2) is 11.0 Å². The molecule has 20 heavy (non-hydrogen) atoms. The van der Waals surface area contributed by atoms with Gasteiger partial charge in [-0.1, -0.05) is 18.2 Å². The summed E-state index contributed by atoms with van der Waals surface area (Å²) in [6, 6.07) is 12.1. The summed E-state index contributed by atoms with van der Waals surface area (Å²) in [5.41, 5.74) is 0.611. The van der Waals surface area contributed by atoms with Crippen LogP contribution < -0.4 is 5.32 Å². The smallest absolute Gasteiger partial charge is 0.262 e. The molecule has 4 nitrogen and oxygen atoms in total. The van der Waals surface area contributed by atoms with Crippen LogP contribution >= 0.6 is 11.3 Å². The van der Waals surface area contributed by atoms with Crippen LogP contribution in [0.5, 0.6) is 5.75 Å². The fraction of sp³-hybridized carbons (Fsp3) is 0.0667. The number of rotatable bonds is 4. The fourth-order valence-electron chi connectivity index (χ4n) is 1.61. The van der Waals surface area contributed by atoms with Gasteiger partial charge in [0.25, 0.3) is 5.91 Å². The quantitative estimate of drug-likeness (QED) is 0.669. The lowest BCUT2D eigenvalue weighted by Gasteiger charge is -2.02. The molecule has 0 saturated heterocycles. The molecule has 1 aromatic heterocycles. The van der Waals surface area contributed by atoms with E-state index < -0.39 is 5.91 Å². The highest BCUT2D eigenvalue weighted by molar-refractivity contribution is 7.09. The average Bonchev–Trinajstić information content (AvgIpc) is 2.95. The summed E-state index contributed by atoms with van der Waals surface area (Å²) < 4.78 is 0. The van der Waals surface area contributed by atoms with Crippen molar-refractivity contribution < 1.29 is 9.90 Å². The molecule has 5 heteroatoms. The number of nitrogens with one attached hydrogen (secondary N) is 1. The van der Waals surface area contributed by atoms with Gasteiger partial charge in [-0.15, -0.1) is 11.3 Å². The maximum atomic E-state index is 11.9. The van der Waals surface area contributed by atoms with Crippen LogP contribution in [0.25, 0.3) is 6.08 Å². The highest BCUT2D eigenvalue weighted by Gasteiger charge is 2.09. The molecule has 0 aliphatic heterocycles. The van der Waals surface area contributed by atoms with Crippen molar-refractivity contribution in [3.05, 3.63) is 57.8 Å². The second kappa shape index (κ2) is 6.55. The van der Waals surface area contributed by atoms with Gasteiger partial charge in [0.2, 0.25) is 0 Å². The first-order chi connectivity index (χ1) is 9.69. The van der Waals surface area contributed by atoms with E-state index in [2.05, 4.69) is 5.32 Å². The number of hydrogen-bond donors (Lipinski definition) is 2. The zero-order valence-corrected chi connectivity index (χ0v) is 11.4. The second-order valence-corrected chi connectivity index (χ2v) is 5.06. The van der Waals surface area contributed by atoms with Crippen LogP contribution in [0.15, 0.2) is 47.4 Å². The number of hydrogen-bond acceptors (Lipinski definition) is 4. The molecule has 0 fully saturated rings. The predicted molar refractivity (Wildman–Crippen MR) is 77.9 cm³/mol. The van der Waals surface area contributed by atoms with Crippen LogP contribution in [0.3, 0.4) is 0 Å². The van der Waals surface area contributed by atoms with Crippen molar-refractivity contribution in [2.24, 2.45) is 0 Å². The van der Waals surface area contributed by atoms with Crippen LogP contribution in [0, 0.1) is 11.3 Å². The minimum absolute atomic E-state index is 0.00663. The Morgan fingerprint density at radius 1 is 1.40 bits per heavy atom. The highest BCUT2D eigenvalue weighted by Crippen LogP contribution is 2.14. The van der Waals surface area contributed by atoms with Crippen molar-refractivity contribution in [2.45, 2.75) is 6.54 Å². The van der Waals surface area contributed by atoms with Crippen molar-refractivity contribution in [1.82, 2.24) is 5.32 Å². The molecule has 2 rings (SSSR count). The van der Waals surface area contributed by atoms with Crippen LogP contribution in [-0.2, 0) is 11.3 Å². The molecule has 0 saturated carbocycles. The van der Waals surface area contributed by atoms with E-state index in [0.29, 0.717) is 12.1 Å². The molecule has 0 radical (unpaired) electrons. The van der Waals surface area contributed by atoms with Crippen molar-refractivity contribution in [3.8, 4) is 11.8 Å². The number of amides is 1. The SMILES string of the molecule is N#C/C(=C\c1cccc(O)c1)C(=O)NCc1cccs1. The molecule has 0 unspecified atom stereocenters. The third-order valence-electron chi connectivity index (χ3n) is 2.55. The Bertz CT molecular complexity index is 669. The third-order valence-corrected chi connectivity index (χ3v) is 3.43. The monoisotopic (exact) mass is 284 g/mol. The molecule has 0 spiro atoms. The minimum Gasteiger partial charge on any atom is -0.508 e. The normalized spacial score (nSPS) is 10.8. The van der Waals surface area contributed by atoms with E-state index in [0.717, 1.165) is 4.88 Å². The Balaban J connectivity index is 2.07. The van der Waals surface area contributed by atoms with E-state index in [-0.39, 0.29) is 11.3 Å². The maximum absolute atomic E-state index is 11.9. The molecule has 0 atom stereocenters. The Labute approximate surface area is 120 Å². The molecular weight excluding hydrogens is 272 g/mol. The summed E-state index contributed by atoms with van der Waals surface area (Å²) >= 11 is 1.54. The summed E-state index contributed by atoms with van der Waals surface area (Å²) in [5.74, 6) is -0.334. The van der Waals surface area contributed by atoms with Crippen molar-refractivity contribution in [3.63, 3.8) is 0 Å². The Hall–Kier alpha value is -2.58. The van der Waals surface area contributed by atoms with E-state index in [4.69, 9.17) is 5.26 Å². The molecule has 0 aliphatic rings. The Morgan fingerprint density at radius 3 is 2.90 bits per heavy atom. The van der Waals surface area contributed by atoms with Gasteiger partial charge in [-0.2, -0.15) is 5.26 Å². The lowest BCUT2D eigenvalue weighted by molar-refractivity contribution is -0.117. The fourth-order valence-corrected chi connectivity index (χ4v) is 2.25. The van der Waals surface area contributed by atoms with Crippen molar-refractivity contribution in [2.75, 3.05) is 0 Å². The lowest BCUT2D eigenvalue weighted by Crippen LogP contribution is -2.23.